The summed E-state index contributed by atoms with van der Waals surface area (Å²) in [6.45, 7) is 1.08. The molecule has 6 rings (SSSR count). The molecule has 52 heavy (non-hydrogen) atoms. The van der Waals surface area contributed by atoms with E-state index in [1.54, 1.807) is 18.2 Å². The molecule has 0 aliphatic carbocycles. The molecule has 0 atom stereocenters. The fourth-order valence-electron chi connectivity index (χ4n) is 4.76. The number of carbonyl (C=O) groups excluding carboxylic acids is 1. The molecule has 0 fully saturated rings. The fraction of sp³-hybridized carbons (Fsp3) is 0.0278. The van der Waals surface area contributed by atoms with Crippen molar-refractivity contribution in [2.75, 3.05) is 0 Å². The topological polar surface area (TPSA) is 256 Å². The monoisotopic (exact) mass is 727 g/mol. The largest absolute Gasteiger partial charge is 1.00 e. The number of pyridine rings is 2. The molecule has 0 aliphatic heterocycles. The molecule has 16 heteroatoms. The molecule has 0 radical (unpaired) electrons. The molecular formula is C36H28Cl2LiN9O4. The fourth-order valence-corrected chi connectivity index (χ4v) is 5.19. The Morgan fingerprint density at radius 2 is 1.13 bits per heavy atom. The molecule has 0 aliphatic rings. The Hall–Kier alpha value is -6.15. The first-order chi connectivity index (χ1) is 24.3. The van der Waals surface area contributed by atoms with Crippen LogP contribution in [0.15, 0.2) is 107 Å². The number of carbonyl (C=O) groups is 2. The summed E-state index contributed by atoms with van der Waals surface area (Å²) < 4.78 is 0. The Bertz CT molecular complexity index is 2390. The zero-order valence-corrected chi connectivity index (χ0v) is 29.2. The van der Waals surface area contributed by atoms with Crippen molar-refractivity contribution in [1.29, 1.82) is 5.26 Å². The van der Waals surface area contributed by atoms with Gasteiger partial charge in [-0.25, -0.2) is 9.97 Å². The van der Waals surface area contributed by atoms with Crippen molar-refractivity contribution in [3.05, 3.63) is 118 Å². The second kappa shape index (κ2) is 18.2. The van der Waals surface area contributed by atoms with Crippen molar-refractivity contribution in [2.45, 2.75) is 6.92 Å². The van der Waals surface area contributed by atoms with Crippen LogP contribution in [-0.4, -0.2) is 38.9 Å². The number of fused-ring (bicyclic) bond motifs is 2. The molecule has 2 heterocycles. The van der Waals surface area contributed by atoms with Crippen LogP contribution in [0.3, 0.4) is 0 Å². The number of hydrogen-bond acceptors (Lipinski definition) is 8. The molecule has 13 nitrogen and oxygen atoms in total. The third-order valence-corrected chi connectivity index (χ3v) is 7.46. The predicted octanol–water partition coefficient (Wildman–Crippen LogP) is 2.25. The van der Waals surface area contributed by atoms with Crippen molar-refractivity contribution in [1.82, 2.24) is 9.97 Å². The maximum absolute atomic E-state index is 11.0. The zero-order valence-electron chi connectivity index (χ0n) is 27.7. The smallest absolute Gasteiger partial charge is 0.545 e. The molecule has 4 aromatic carbocycles. The molecule has 0 bridgehead atoms. The number of nitrogens with zero attached hydrogens (tertiary/aromatic N) is 5. The van der Waals surface area contributed by atoms with Gasteiger partial charge in [0.25, 0.3) is 5.97 Å². The summed E-state index contributed by atoms with van der Waals surface area (Å²) in [6.07, 6.45) is 2.99. The SMILES string of the molecule is CC(=O)O.N#Cc1cccc(-c2ccc3c(Cl)cnc(N=C(N)N)c3c2)c1.NC(N)=Nc1ncc(Cl)c2ccc(-c3cccc(C(=O)[O-])c3)cc12.[Li+]. The summed E-state index contributed by atoms with van der Waals surface area (Å²) in [5.74, 6) is -1.51. The molecule has 2 aromatic heterocycles. The Morgan fingerprint density at radius 3 is 1.56 bits per heavy atom. The number of nitriles is 1. The van der Waals surface area contributed by atoms with Gasteiger partial charge >= 0.3 is 18.9 Å². The number of aliphatic carboxylic acids is 1. The number of hydrogen-bond donors (Lipinski definition) is 5. The summed E-state index contributed by atoms with van der Waals surface area (Å²) in [6, 6.07) is 27.1. The van der Waals surface area contributed by atoms with Gasteiger partial charge in [0.2, 0.25) is 0 Å². The molecule has 0 saturated heterocycles. The van der Waals surface area contributed by atoms with Gasteiger partial charge < -0.3 is 37.9 Å². The Balaban J connectivity index is 0.000000250. The zero-order chi connectivity index (χ0) is 37.2. The molecule has 0 unspecified atom stereocenters. The minimum Gasteiger partial charge on any atom is -0.545 e. The third kappa shape index (κ3) is 10.4. The molecule has 9 N–H and O–H groups in total. The van der Waals surface area contributed by atoms with Gasteiger partial charge in [-0.2, -0.15) is 15.2 Å². The number of aliphatic imine (C=N–C) groups is 2. The number of rotatable bonds is 5. The Kier molecular flexibility index (Phi) is 14.1. The van der Waals surface area contributed by atoms with Gasteiger partial charge in [0.15, 0.2) is 23.6 Å². The van der Waals surface area contributed by atoms with Crippen molar-refractivity contribution in [3.8, 4) is 28.3 Å². The molecule has 0 saturated carbocycles. The number of guanidine groups is 2. The maximum Gasteiger partial charge on any atom is 1.00 e. The Labute approximate surface area is 319 Å². The minimum atomic E-state index is -1.23. The van der Waals surface area contributed by atoms with Crippen molar-refractivity contribution < 1.29 is 38.7 Å². The summed E-state index contributed by atoms with van der Waals surface area (Å²) in [7, 11) is 0. The van der Waals surface area contributed by atoms with Crippen LogP contribution < -0.4 is 46.9 Å². The first kappa shape index (κ1) is 40.3. The van der Waals surface area contributed by atoms with E-state index in [0.29, 0.717) is 38.2 Å². The summed E-state index contributed by atoms with van der Waals surface area (Å²) >= 11 is 12.4. The van der Waals surface area contributed by atoms with Crippen LogP contribution in [0.1, 0.15) is 22.8 Å². The van der Waals surface area contributed by atoms with Gasteiger partial charge in [-0.1, -0.05) is 77.8 Å². The van der Waals surface area contributed by atoms with Crippen LogP contribution in [0, 0.1) is 11.3 Å². The van der Waals surface area contributed by atoms with Gasteiger partial charge in [-0.15, -0.1) is 0 Å². The number of carboxylic acid groups (broad SMARTS) is 2. The molecule has 0 amide bonds. The number of aromatic nitrogens is 2. The van der Waals surface area contributed by atoms with Crippen LogP contribution >= 0.6 is 23.2 Å². The van der Waals surface area contributed by atoms with E-state index in [1.165, 1.54) is 24.5 Å². The average Bonchev–Trinajstić information content (AvgIpc) is 3.10. The van der Waals surface area contributed by atoms with E-state index in [1.807, 2.05) is 54.6 Å². The van der Waals surface area contributed by atoms with Gasteiger partial charge in [-0.3, -0.25) is 4.79 Å². The van der Waals surface area contributed by atoms with Gasteiger partial charge in [-0.05, 0) is 58.1 Å². The molecular weight excluding hydrogens is 700 g/mol. The van der Waals surface area contributed by atoms with Crippen LogP contribution in [0.25, 0.3) is 43.8 Å². The second-order valence-corrected chi connectivity index (χ2v) is 11.3. The van der Waals surface area contributed by atoms with Crippen LogP contribution in [-0.2, 0) is 4.79 Å². The first-order valence-corrected chi connectivity index (χ1v) is 15.4. The normalized spacial score (nSPS) is 9.88. The van der Waals surface area contributed by atoms with E-state index >= 15 is 0 Å². The van der Waals surface area contributed by atoms with Gasteiger partial charge in [0.1, 0.15) is 0 Å². The number of benzene rings is 4. The summed E-state index contributed by atoms with van der Waals surface area (Å²) in [5.41, 5.74) is 25.8. The van der Waals surface area contributed by atoms with Crippen LogP contribution in [0.5, 0.6) is 0 Å². The van der Waals surface area contributed by atoms with E-state index < -0.39 is 11.9 Å². The van der Waals surface area contributed by atoms with Crippen molar-refractivity contribution in [3.63, 3.8) is 0 Å². The van der Waals surface area contributed by atoms with E-state index in [4.69, 9.17) is 61.3 Å². The first-order valence-electron chi connectivity index (χ1n) is 14.6. The number of nitrogens with two attached hydrogens (primary N) is 4. The van der Waals surface area contributed by atoms with Crippen molar-refractivity contribution in [2.24, 2.45) is 32.9 Å². The standard InChI is InChI=1S/C17H12ClN5.C17H13ClN4O2.C2H4O2.Li/c18-15-9-22-16(23-17(20)21)14-7-12(4-5-13(14)15)11-3-1-2-10(6-11)8-19;18-14-8-21-15(22-17(19)20)13-7-10(4-5-12(13)14)9-2-1-3-11(6-9)16(23)24;1-2(3)4;/h1-7,9H,(H4,20,21,22,23);1-8H,(H,23,24)(H4,19,20,21,22);1H3,(H,3,4);/q;;;+1/p-1. The van der Waals surface area contributed by atoms with Crippen molar-refractivity contribution >= 4 is 80.2 Å². The van der Waals surface area contributed by atoms with E-state index in [0.717, 1.165) is 39.8 Å². The molecule has 256 valence electrons. The van der Waals surface area contributed by atoms with Gasteiger partial charge in [0, 0.05) is 40.9 Å². The molecule has 0 spiro atoms. The number of carboxylic acids is 2. The Morgan fingerprint density at radius 1 is 0.712 bits per heavy atom. The third-order valence-electron chi connectivity index (χ3n) is 6.86. The van der Waals surface area contributed by atoms with Crippen LogP contribution in [0.4, 0.5) is 11.6 Å². The van der Waals surface area contributed by atoms with Crippen LogP contribution in [0.2, 0.25) is 10.0 Å². The summed E-state index contributed by atoms with van der Waals surface area (Å²) in [5, 5.41) is 31.4. The maximum atomic E-state index is 11.0. The predicted molar refractivity (Wildman–Crippen MR) is 198 cm³/mol. The van der Waals surface area contributed by atoms with E-state index in [-0.39, 0.29) is 36.3 Å². The summed E-state index contributed by atoms with van der Waals surface area (Å²) in [4.78, 5) is 36.4. The molecule has 6 aromatic rings. The quantitative estimate of drug-likeness (QED) is 0.0977. The average molecular weight is 729 g/mol. The second-order valence-electron chi connectivity index (χ2n) is 10.5. The number of halogens is 2. The van der Waals surface area contributed by atoms with E-state index in [2.05, 4.69) is 26.0 Å². The van der Waals surface area contributed by atoms with Gasteiger partial charge in [0.05, 0.1) is 27.6 Å². The van der Waals surface area contributed by atoms with E-state index in [9.17, 15) is 9.90 Å². The minimum absolute atomic E-state index is 0. The number of aromatic carboxylic acids is 1.